The van der Waals surface area contributed by atoms with Crippen LogP contribution >= 0.6 is 0 Å². The summed E-state index contributed by atoms with van der Waals surface area (Å²) in [5.74, 6) is 0.427. The number of hydrogen-bond acceptors (Lipinski definition) is 5. The number of nitrogens with one attached hydrogen (secondary N) is 1. The molecule has 0 bridgehead atoms. The number of benzene rings is 1. The Morgan fingerprint density at radius 2 is 2.29 bits per heavy atom. The highest BCUT2D eigenvalue weighted by atomic mass is 19.3. The first-order valence-electron chi connectivity index (χ1n) is 6.81. The smallest absolute Gasteiger partial charge is 0.147 e. The molecule has 0 aliphatic rings. The number of nitrogens with zero attached hydrogens (tertiary/aromatic N) is 3. The molecule has 2 aromatic rings. The molecule has 0 unspecified atom stereocenters. The van der Waals surface area contributed by atoms with Crippen molar-refractivity contribution in [3.8, 4) is 0 Å². The van der Waals surface area contributed by atoms with Gasteiger partial charge in [0.1, 0.15) is 11.3 Å². The summed E-state index contributed by atoms with van der Waals surface area (Å²) in [5.41, 5.74) is 2.57. The molecule has 0 spiro atoms. The SMILES string of the molecule is C=Nc1cc2c(cc1NCCCOCC)nc(C)n2OF. The molecule has 0 atom stereocenters. The van der Waals surface area contributed by atoms with Gasteiger partial charge >= 0.3 is 0 Å². The van der Waals surface area contributed by atoms with E-state index in [1.165, 1.54) is 0 Å². The number of aliphatic imine (C=N–C) groups is 1. The molecule has 0 amide bonds. The van der Waals surface area contributed by atoms with Crippen LogP contribution in [0.25, 0.3) is 11.0 Å². The topological polar surface area (TPSA) is 60.7 Å². The molecule has 0 aliphatic heterocycles. The zero-order chi connectivity index (χ0) is 15.2. The van der Waals surface area contributed by atoms with Crippen molar-refractivity contribution in [3.05, 3.63) is 18.0 Å². The monoisotopic (exact) mass is 294 g/mol. The number of hydrogen-bond donors (Lipinski definition) is 1. The van der Waals surface area contributed by atoms with Crippen LogP contribution in [0, 0.1) is 6.92 Å². The van der Waals surface area contributed by atoms with Gasteiger partial charge in [0.05, 0.1) is 16.9 Å². The second kappa shape index (κ2) is 7.03. The molecular formula is C14H19FN4O2. The number of imidazole rings is 1. The largest absolute Gasteiger partial charge is 0.383 e. The third-order valence-electron chi connectivity index (χ3n) is 3.11. The summed E-state index contributed by atoms with van der Waals surface area (Å²) in [6.45, 7) is 9.32. The van der Waals surface area contributed by atoms with Gasteiger partial charge in [-0.3, -0.25) is 4.99 Å². The molecule has 1 aromatic carbocycles. The summed E-state index contributed by atoms with van der Waals surface area (Å²) in [4.78, 5) is 8.21. The molecule has 0 saturated heterocycles. The van der Waals surface area contributed by atoms with E-state index in [9.17, 15) is 4.53 Å². The fraction of sp³-hybridized carbons (Fsp3) is 0.429. The minimum atomic E-state index is 0.427. The molecular weight excluding hydrogens is 275 g/mol. The summed E-state index contributed by atoms with van der Waals surface area (Å²) in [5, 5.41) is 7.08. The van der Waals surface area contributed by atoms with E-state index in [0.29, 0.717) is 35.8 Å². The van der Waals surface area contributed by atoms with Crippen LogP contribution in [0.4, 0.5) is 15.9 Å². The average molecular weight is 294 g/mol. The first-order chi connectivity index (χ1) is 10.2. The van der Waals surface area contributed by atoms with Crippen LogP contribution in [0.5, 0.6) is 0 Å². The second-order valence-electron chi connectivity index (χ2n) is 4.52. The van der Waals surface area contributed by atoms with Gasteiger partial charge in [-0.05, 0) is 39.1 Å². The Morgan fingerprint density at radius 1 is 1.48 bits per heavy atom. The summed E-state index contributed by atoms with van der Waals surface area (Å²) in [7, 11) is 0. The van der Waals surface area contributed by atoms with Crippen molar-refractivity contribution >= 4 is 29.1 Å². The molecule has 2 rings (SSSR count). The quantitative estimate of drug-likeness (QED) is 0.601. The lowest BCUT2D eigenvalue weighted by Crippen LogP contribution is -2.06. The summed E-state index contributed by atoms with van der Waals surface area (Å²) in [6.07, 6.45) is 0.878. The highest BCUT2D eigenvalue weighted by molar-refractivity contribution is 5.87. The van der Waals surface area contributed by atoms with Crippen molar-refractivity contribution in [1.82, 2.24) is 9.71 Å². The lowest BCUT2D eigenvalue weighted by Gasteiger charge is -2.09. The van der Waals surface area contributed by atoms with Crippen LogP contribution in [0.2, 0.25) is 0 Å². The summed E-state index contributed by atoms with van der Waals surface area (Å²) < 4.78 is 18.9. The molecule has 6 nitrogen and oxygen atoms in total. The van der Waals surface area contributed by atoms with Crippen LogP contribution in [0.1, 0.15) is 19.2 Å². The Bertz CT molecular complexity index is 627. The standard InChI is InChI=1S/C14H19FN4O2/c1-4-20-7-5-6-17-12-8-13-14(9-11(12)16-3)19(21-15)10(2)18-13/h8-9,17H,3-7H2,1-2H3. The van der Waals surface area contributed by atoms with Crippen molar-refractivity contribution in [2.75, 3.05) is 25.1 Å². The van der Waals surface area contributed by atoms with Gasteiger partial charge in [0.25, 0.3) is 0 Å². The van der Waals surface area contributed by atoms with Crippen LogP contribution < -0.4 is 10.4 Å². The molecule has 7 heteroatoms. The van der Waals surface area contributed by atoms with Crippen LogP contribution in [-0.4, -0.2) is 36.2 Å². The maximum absolute atomic E-state index is 12.6. The highest BCUT2D eigenvalue weighted by Gasteiger charge is 2.12. The summed E-state index contributed by atoms with van der Waals surface area (Å²) >= 11 is 0. The van der Waals surface area contributed by atoms with E-state index in [1.54, 1.807) is 13.0 Å². The Kier molecular flexibility index (Phi) is 5.10. The van der Waals surface area contributed by atoms with Gasteiger partial charge in [-0.1, -0.05) is 0 Å². The molecule has 0 radical (unpaired) electrons. The Hall–Kier alpha value is -2.15. The lowest BCUT2D eigenvalue weighted by atomic mass is 10.2. The van der Waals surface area contributed by atoms with E-state index in [2.05, 4.69) is 27.1 Å². The van der Waals surface area contributed by atoms with Crippen LogP contribution in [-0.2, 0) is 4.74 Å². The number of rotatable bonds is 8. The number of aryl methyl sites for hydroxylation is 1. The third-order valence-corrected chi connectivity index (χ3v) is 3.11. The zero-order valence-electron chi connectivity index (χ0n) is 12.2. The Balaban J connectivity index is 2.21. The zero-order valence-corrected chi connectivity index (χ0v) is 12.2. The van der Waals surface area contributed by atoms with E-state index in [0.717, 1.165) is 23.4 Å². The second-order valence-corrected chi connectivity index (χ2v) is 4.52. The first kappa shape index (κ1) is 15.2. The van der Waals surface area contributed by atoms with Gasteiger partial charge in [-0.2, -0.15) is 5.04 Å². The van der Waals surface area contributed by atoms with Crippen molar-refractivity contribution < 1.29 is 14.3 Å². The highest BCUT2D eigenvalue weighted by Crippen LogP contribution is 2.30. The molecule has 114 valence electrons. The van der Waals surface area contributed by atoms with Gasteiger partial charge in [0.15, 0.2) is 0 Å². The van der Waals surface area contributed by atoms with Crippen LogP contribution in [0.15, 0.2) is 17.1 Å². The van der Waals surface area contributed by atoms with E-state index < -0.39 is 0 Å². The van der Waals surface area contributed by atoms with E-state index in [4.69, 9.17) is 4.74 Å². The normalized spacial score (nSPS) is 10.8. The van der Waals surface area contributed by atoms with E-state index >= 15 is 0 Å². The lowest BCUT2D eigenvalue weighted by molar-refractivity contribution is -0.134. The number of anilines is 1. The predicted molar refractivity (Wildman–Crippen MR) is 81.0 cm³/mol. The summed E-state index contributed by atoms with van der Waals surface area (Å²) in [6, 6.07) is 3.50. The molecule has 1 N–H and O–H groups in total. The van der Waals surface area contributed by atoms with Crippen molar-refractivity contribution in [3.63, 3.8) is 0 Å². The number of fused-ring (bicyclic) bond motifs is 1. The molecule has 1 aromatic heterocycles. The fourth-order valence-corrected chi connectivity index (χ4v) is 2.11. The third kappa shape index (κ3) is 3.30. The predicted octanol–water partition coefficient (Wildman–Crippen LogP) is 2.83. The molecule has 0 fully saturated rings. The van der Waals surface area contributed by atoms with Crippen molar-refractivity contribution in [1.29, 1.82) is 0 Å². The van der Waals surface area contributed by atoms with E-state index in [-0.39, 0.29) is 0 Å². The minimum Gasteiger partial charge on any atom is -0.383 e. The molecule has 1 heterocycles. The minimum absolute atomic E-state index is 0.427. The first-order valence-corrected chi connectivity index (χ1v) is 6.81. The molecule has 0 aliphatic carbocycles. The maximum Gasteiger partial charge on any atom is 0.147 e. The average Bonchev–Trinajstić information content (AvgIpc) is 2.80. The maximum atomic E-state index is 12.6. The van der Waals surface area contributed by atoms with Gasteiger partial charge in [-0.25, -0.2) is 4.98 Å². The van der Waals surface area contributed by atoms with Gasteiger partial charge in [0, 0.05) is 24.3 Å². The van der Waals surface area contributed by atoms with Crippen molar-refractivity contribution in [2.45, 2.75) is 20.3 Å². The number of halogens is 1. The van der Waals surface area contributed by atoms with Gasteiger partial charge in [0.2, 0.25) is 0 Å². The fourth-order valence-electron chi connectivity index (χ4n) is 2.11. The number of aromatic nitrogens is 2. The van der Waals surface area contributed by atoms with Crippen LogP contribution in [0.3, 0.4) is 0 Å². The van der Waals surface area contributed by atoms with Gasteiger partial charge < -0.3 is 10.1 Å². The number of ether oxygens (including phenoxy) is 1. The Labute approximate surface area is 122 Å². The van der Waals surface area contributed by atoms with Gasteiger partial charge in [-0.15, -0.1) is 4.73 Å². The van der Waals surface area contributed by atoms with Crippen molar-refractivity contribution in [2.24, 2.45) is 4.99 Å². The molecule has 21 heavy (non-hydrogen) atoms. The Morgan fingerprint density at radius 3 is 2.95 bits per heavy atom. The van der Waals surface area contributed by atoms with E-state index in [1.807, 2.05) is 13.0 Å². The molecule has 0 saturated carbocycles.